The van der Waals surface area contributed by atoms with Crippen molar-refractivity contribution in [1.29, 1.82) is 0 Å². The van der Waals surface area contributed by atoms with Crippen molar-refractivity contribution in [3.8, 4) is 5.88 Å². The molecule has 6 heteroatoms. The van der Waals surface area contributed by atoms with Gasteiger partial charge in [0.1, 0.15) is 0 Å². The zero-order valence-electron chi connectivity index (χ0n) is 4.98. The van der Waals surface area contributed by atoms with Crippen molar-refractivity contribution in [1.82, 2.24) is 9.97 Å². The molecule has 5 nitrogen and oxygen atoms in total. The molecule has 0 atom stereocenters. The normalized spacial score (nSPS) is 8.00. The fourth-order valence-electron chi connectivity index (χ4n) is 0.488. The monoisotopic (exact) mass is 163 g/mol. The van der Waals surface area contributed by atoms with E-state index in [2.05, 4.69) is 15.3 Å². The first-order valence-electron chi connectivity index (χ1n) is 2.54. The zero-order valence-corrected chi connectivity index (χ0v) is 4.98. The average molecular weight is 163 g/mol. The Hall–Kier alpha value is -0.650. The molecule has 54 valence electrons. The minimum atomic E-state index is -0.283. The van der Waals surface area contributed by atoms with E-state index in [0.717, 1.165) is 0 Å². The topological polar surface area (TPSA) is 75.1 Å². The van der Waals surface area contributed by atoms with E-state index >= 15 is 0 Å². The molecular formula is C5H6N3NaO2. The molecule has 0 radical (unpaired) electrons. The Morgan fingerprint density at radius 1 is 1.45 bits per heavy atom. The predicted octanol–water partition coefficient (Wildman–Crippen LogP) is -0.898. The van der Waals surface area contributed by atoms with E-state index in [-0.39, 0.29) is 41.3 Å². The van der Waals surface area contributed by atoms with Crippen molar-refractivity contribution in [3.05, 3.63) is 12.4 Å². The second-order valence-corrected chi connectivity index (χ2v) is 1.49. The second kappa shape index (κ2) is 5.06. The molecule has 1 amide bonds. The summed E-state index contributed by atoms with van der Waals surface area (Å²) in [5.74, 6) is -0.216. The molecule has 0 saturated carbocycles. The summed E-state index contributed by atoms with van der Waals surface area (Å²) in [4.78, 5) is 16.9. The van der Waals surface area contributed by atoms with E-state index in [4.69, 9.17) is 5.11 Å². The first kappa shape index (κ1) is 10.3. The maximum atomic E-state index is 9.84. The third-order valence-corrected chi connectivity index (χ3v) is 0.875. The number of anilines is 1. The van der Waals surface area contributed by atoms with Crippen LogP contribution in [0.25, 0.3) is 0 Å². The third kappa shape index (κ3) is 2.83. The van der Waals surface area contributed by atoms with Gasteiger partial charge in [-0.05, 0) is 0 Å². The van der Waals surface area contributed by atoms with Crippen LogP contribution in [-0.4, -0.2) is 51.0 Å². The van der Waals surface area contributed by atoms with Crippen LogP contribution in [0.5, 0.6) is 5.88 Å². The van der Waals surface area contributed by atoms with Gasteiger partial charge < -0.3 is 10.4 Å². The van der Waals surface area contributed by atoms with Gasteiger partial charge in [0.05, 0.1) is 0 Å². The van der Waals surface area contributed by atoms with Crippen molar-refractivity contribution in [2.24, 2.45) is 0 Å². The van der Waals surface area contributed by atoms with Gasteiger partial charge in [-0.25, -0.2) is 9.97 Å². The minimum absolute atomic E-state index is 0. The molecule has 2 N–H and O–H groups in total. The van der Waals surface area contributed by atoms with E-state index in [1.54, 1.807) is 0 Å². The first-order valence-corrected chi connectivity index (χ1v) is 2.54. The van der Waals surface area contributed by atoms with E-state index in [0.29, 0.717) is 6.41 Å². The summed E-state index contributed by atoms with van der Waals surface area (Å²) >= 11 is 0. The first-order chi connectivity index (χ1) is 4.84. The van der Waals surface area contributed by atoms with E-state index < -0.39 is 0 Å². The zero-order chi connectivity index (χ0) is 7.40. The van der Waals surface area contributed by atoms with E-state index in [1.165, 1.54) is 12.4 Å². The van der Waals surface area contributed by atoms with Crippen LogP contribution in [-0.2, 0) is 4.79 Å². The molecule has 1 heterocycles. The van der Waals surface area contributed by atoms with Gasteiger partial charge in [0.25, 0.3) is 5.88 Å². The van der Waals surface area contributed by atoms with Crippen LogP contribution in [0.2, 0.25) is 0 Å². The van der Waals surface area contributed by atoms with Crippen molar-refractivity contribution in [2.75, 3.05) is 5.32 Å². The number of aromatic hydroxyl groups is 1. The number of aromatic nitrogens is 2. The summed E-state index contributed by atoms with van der Waals surface area (Å²) in [5, 5.41) is 11.0. The van der Waals surface area contributed by atoms with Crippen LogP contribution in [0, 0.1) is 0 Å². The molecule has 0 aliphatic carbocycles. The quantitative estimate of drug-likeness (QED) is 0.437. The SMILES string of the molecule is O=CNc1nccnc1O.[NaH]. The molecule has 0 fully saturated rings. The molecule has 0 spiro atoms. The number of amides is 1. The molecule has 0 aromatic carbocycles. The average Bonchev–Trinajstić information content (AvgIpc) is 1.94. The summed E-state index contributed by atoms with van der Waals surface area (Å²) in [6.45, 7) is 0. The third-order valence-electron chi connectivity index (χ3n) is 0.875. The van der Waals surface area contributed by atoms with Crippen molar-refractivity contribution >= 4 is 41.8 Å². The van der Waals surface area contributed by atoms with Crippen LogP contribution in [0.15, 0.2) is 12.4 Å². The molecule has 0 bridgehead atoms. The van der Waals surface area contributed by atoms with Gasteiger partial charge in [0, 0.05) is 12.4 Å². The molecule has 0 unspecified atom stereocenters. The second-order valence-electron chi connectivity index (χ2n) is 1.49. The maximum absolute atomic E-state index is 9.84. The summed E-state index contributed by atoms with van der Waals surface area (Å²) in [6.07, 6.45) is 3.11. The number of hydrogen-bond donors (Lipinski definition) is 2. The standard InChI is InChI=1S/C5H5N3O2.Na.H/c9-3-8-4-5(10)7-2-1-6-4;;/h1-3H,(H,7,10)(H,6,8,9);;. The Balaban J connectivity index is 0.000001000. The molecule has 1 aromatic heterocycles. The van der Waals surface area contributed by atoms with Crippen molar-refractivity contribution in [3.63, 3.8) is 0 Å². The van der Waals surface area contributed by atoms with Gasteiger partial charge in [-0.15, -0.1) is 0 Å². The summed E-state index contributed by atoms with van der Waals surface area (Å²) in [5.41, 5.74) is 0. The predicted molar refractivity (Wildman–Crippen MR) is 40.5 cm³/mol. The van der Waals surface area contributed by atoms with Gasteiger partial charge in [0.15, 0.2) is 5.82 Å². The van der Waals surface area contributed by atoms with Gasteiger partial charge in [-0.1, -0.05) is 0 Å². The fraction of sp³-hybridized carbons (Fsp3) is 0. The van der Waals surface area contributed by atoms with Crippen molar-refractivity contribution < 1.29 is 9.90 Å². The number of nitrogens with zero attached hydrogens (tertiary/aromatic N) is 2. The molecule has 1 aromatic rings. The van der Waals surface area contributed by atoms with Crippen LogP contribution in [0.1, 0.15) is 0 Å². The van der Waals surface area contributed by atoms with Crippen LogP contribution < -0.4 is 5.32 Å². The van der Waals surface area contributed by atoms with Crippen molar-refractivity contribution in [2.45, 2.75) is 0 Å². The number of nitrogens with one attached hydrogen (secondary N) is 1. The van der Waals surface area contributed by atoms with Crippen LogP contribution in [0.3, 0.4) is 0 Å². The fourth-order valence-corrected chi connectivity index (χ4v) is 0.488. The Kier molecular flexibility index (Phi) is 4.76. The van der Waals surface area contributed by atoms with Crippen LogP contribution >= 0.6 is 0 Å². The number of carbonyl (C=O) groups is 1. The number of hydrogen-bond acceptors (Lipinski definition) is 4. The number of rotatable bonds is 2. The Bertz CT molecular complexity index is 243. The van der Waals surface area contributed by atoms with Crippen LogP contribution in [0.4, 0.5) is 5.82 Å². The summed E-state index contributed by atoms with van der Waals surface area (Å²) in [6, 6.07) is 0. The Morgan fingerprint density at radius 2 is 2.09 bits per heavy atom. The Morgan fingerprint density at radius 3 is 2.64 bits per heavy atom. The Labute approximate surface area is 85.2 Å². The summed E-state index contributed by atoms with van der Waals surface area (Å²) in [7, 11) is 0. The molecule has 0 saturated heterocycles. The number of carbonyl (C=O) groups excluding carboxylic acids is 1. The van der Waals surface area contributed by atoms with Gasteiger partial charge in [-0.3, -0.25) is 4.79 Å². The van der Waals surface area contributed by atoms with Gasteiger partial charge >= 0.3 is 29.6 Å². The molecule has 1 rings (SSSR count). The van der Waals surface area contributed by atoms with Gasteiger partial charge in [-0.2, -0.15) is 0 Å². The van der Waals surface area contributed by atoms with Gasteiger partial charge in [0.2, 0.25) is 6.41 Å². The molecule has 0 aliphatic rings. The molecule has 11 heavy (non-hydrogen) atoms. The molecular weight excluding hydrogens is 157 g/mol. The summed E-state index contributed by atoms with van der Waals surface area (Å²) < 4.78 is 0. The van der Waals surface area contributed by atoms with E-state index in [9.17, 15) is 4.79 Å². The molecule has 0 aliphatic heterocycles. The van der Waals surface area contributed by atoms with E-state index in [1.807, 2.05) is 0 Å².